The highest BCUT2D eigenvalue weighted by Gasteiger charge is 2.04. The van der Waals surface area contributed by atoms with Crippen molar-refractivity contribution in [2.24, 2.45) is 0 Å². The molecule has 1 aromatic rings. The monoisotopic (exact) mass is 235 g/mol. The van der Waals surface area contributed by atoms with Gasteiger partial charge in [0.1, 0.15) is 0 Å². The average Bonchev–Trinajstić information content (AvgIpc) is 2.28. The van der Waals surface area contributed by atoms with Gasteiger partial charge in [0, 0.05) is 31.8 Å². The Morgan fingerprint density at radius 2 is 2.41 bits per heavy atom. The number of hydrogen-bond acceptors (Lipinski definition) is 4. The molecule has 0 aliphatic carbocycles. The number of nitrogens with one attached hydrogen (secondary N) is 1. The quantitative estimate of drug-likeness (QED) is 0.476. The second-order valence-corrected chi connectivity index (χ2v) is 3.37. The van der Waals surface area contributed by atoms with Crippen LogP contribution in [-0.2, 0) is 4.79 Å². The van der Waals surface area contributed by atoms with Gasteiger partial charge in [-0.15, -0.1) is 0 Å². The maximum absolute atomic E-state index is 10.6. The molecule has 1 amide bonds. The largest absolute Gasteiger partial charge is 0.356 e. The van der Waals surface area contributed by atoms with Crippen LogP contribution in [0.15, 0.2) is 24.4 Å². The Kier molecular flexibility index (Phi) is 4.80. The number of rotatable bonds is 5. The summed E-state index contributed by atoms with van der Waals surface area (Å²) in [5.74, 6) is -0.0770. The summed E-state index contributed by atoms with van der Waals surface area (Å²) in [6.07, 6.45) is 5.55. The Balaban J connectivity index is 2.50. The van der Waals surface area contributed by atoms with E-state index in [-0.39, 0.29) is 11.6 Å². The van der Waals surface area contributed by atoms with Crippen LogP contribution in [0.2, 0.25) is 0 Å². The molecule has 6 nitrogen and oxygen atoms in total. The highest BCUT2D eigenvalue weighted by molar-refractivity contribution is 5.72. The average molecular weight is 235 g/mol. The summed E-state index contributed by atoms with van der Waals surface area (Å²) >= 11 is 0. The van der Waals surface area contributed by atoms with E-state index in [2.05, 4.69) is 10.3 Å². The second-order valence-electron chi connectivity index (χ2n) is 3.37. The van der Waals surface area contributed by atoms with E-state index >= 15 is 0 Å². The first-order chi connectivity index (χ1) is 8.09. The molecule has 0 spiro atoms. The van der Waals surface area contributed by atoms with Crippen LogP contribution in [0.1, 0.15) is 19.0 Å². The van der Waals surface area contributed by atoms with E-state index in [1.807, 2.05) is 6.08 Å². The third-order valence-corrected chi connectivity index (χ3v) is 1.95. The molecule has 0 aromatic carbocycles. The number of aromatic nitrogens is 1. The predicted octanol–water partition coefficient (Wildman–Crippen LogP) is 1.53. The fourth-order valence-corrected chi connectivity index (χ4v) is 1.18. The molecule has 0 radical (unpaired) electrons. The summed E-state index contributed by atoms with van der Waals surface area (Å²) in [5, 5.41) is 13.2. The van der Waals surface area contributed by atoms with E-state index < -0.39 is 4.92 Å². The van der Waals surface area contributed by atoms with Crippen molar-refractivity contribution in [1.29, 1.82) is 0 Å². The van der Waals surface area contributed by atoms with E-state index in [0.717, 1.165) is 0 Å². The number of hydrogen-bond donors (Lipinski definition) is 1. The Hall–Kier alpha value is -2.24. The van der Waals surface area contributed by atoms with E-state index in [1.165, 1.54) is 25.3 Å². The lowest BCUT2D eigenvalue weighted by atomic mass is 10.2. The van der Waals surface area contributed by atoms with Crippen molar-refractivity contribution < 1.29 is 9.72 Å². The molecule has 0 saturated carbocycles. The molecule has 1 N–H and O–H groups in total. The van der Waals surface area contributed by atoms with Gasteiger partial charge in [-0.3, -0.25) is 19.9 Å². The van der Waals surface area contributed by atoms with E-state index in [1.54, 1.807) is 6.08 Å². The molecular weight excluding hydrogens is 222 g/mol. The lowest BCUT2D eigenvalue weighted by molar-refractivity contribution is -0.384. The minimum Gasteiger partial charge on any atom is -0.356 e. The minimum atomic E-state index is -0.462. The zero-order valence-electron chi connectivity index (χ0n) is 9.42. The van der Waals surface area contributed by atoms with Crippen molar-refractivity contribution in [3.8, 4) is 0 Å². The van der Waals surface area contributed by atoms with Gasteiger partial charge in [0.2, 0.25) is 5.91 Å². The van der Waals surface area contributed by atoms with Gasteiger partial charge in [-0.1, -0.05) is 6.08 Å². The van der Waals surface area contributed by atoms with Crippen molar-refractivity contribution >= 4 is 17.7 Å². The van der Waals surface area contributed by atoms with Crippen LogP contribution in [0.5, 0.6) is 0 Å². The number of pyridine rings is 1. The molecule has 90 valence electrons. The van der Waals surface area contributed by atoms with Gasteiger partial charge in [-0.2, -0.15) is 0 Å². The van der Waals surface area contributed by atoms with Crippen LogP contribution in [0.4, 0.5) is 5.69 Å². The van der Waals surface area contributed by atoms with Crippen molar-refractivity contribution in [3.63, 3.8) is 0 Å². The molecule has 1 aromatic heterocycles. The Bertz CT molecular complexity index is 443. The molecule has 0 atom stereocenters. The van der Waals surface area contributed by atoms with Gasteiger partial charge in [0.15, 0.2) is 0 Å². The van der Waals surface area contributed by atoms with Crippen LogP contribution < -0.4 is 5.32 Å². The molecule has 0 saturated heterocycles. The van der Waals surface area contributed by atoms with Crippen molar-refractivity contribution in [1.82, 2.24) is 10.3 Å². The van der Waals surface area contributed by atoms with Crippen LogP contribution >= 0.6 is 0 Å². The smallest absolute Gasteiger partial charge is 0.273 e. The molecule has 6 heteroatoms. The van der Waals surface area contributed by atoms with Crippen molar-refractivity contribution in [3.05, 3.63) is 40.2 Å². The minimum absolute atomic E-state index is 0.0153. The first kappa shape index (κ1) is 12.8. The SMILES string of the molecule is CC(=O)NCCC=Cc1cc([N+](=O)[O-])ccn1. The van der Waals surface area contributed by atoms with Crippen molar-refractivity contribution in [2.45, 2.75) is 13.3 Å². The van der Waals surface area contributed by atoms with Gasteiger partial charge in [0.25, 0.3) is 5.69 Å². The molecule has 0 bridgehead atoms. The predicted molar refractivity (Wildman–Crippen MR) is 63.2 cm³/mol. The number of carbonyl (C=O) groups is 1. The molecule has 17 heavy (non-hydrogen) atoms. The molecular formula is C11H13N3O3. The highest BCUT2D eigenvalue weighted by atomic mass is 16.6. The summed E-state index contributed by atoms with van der Waals surface area (Å²) in [6.45, 7) is 1.99. The Labute approximate surface area is 98.5 Å². The van der Waals surface area contributed by atoms with E-state index in [0.29, 0.717) is 18.7 Å². The highest BCUT2D eigenvalue weighted by Crippen LogP contribution is 2.11. The summed E-state index contributed by atoms with van der Waals surface area (Å²) in [4.78, 5) is 24.6. The summed E-state index contributed by atoms with van der Waals surface area (Å²) < 4.78 is 0. The number of nitrogens with zero attached hydrogens (tertiary/aromatic N) is 2. The molecule has 1 rings (SSSR count). The molecule has 0 fully saturated rings. The fraction of sp³-hybridized carbons (Fsp3) is 0.273. The number of amides is 1. The summed E-state index contributed by atoms with van der Waals surface area (Å²) in [7, 11) is 0. The van der Waals surface area contributed by atoms with Crippen LogP contribution in [0.25, 0.3) is 6.08 Å². The van der Waals surface area contributed by atoms with Gasteiger partial charge in [-0.25, -0.2) is 0 Å². The van der Waals surface area contributed by atoms with Crippen LogP contribution in [-0.4, -0.2) is 22.4 Å². The third-order valence-electron chi connectivity index (χ3n) is 1.95. The molecule has 0 aliphatic rings. The normalized spacial score (nSPS) is 10.4. The fourth-order valence-electron chi connectivity index (χ4n) is 1.18. The lowest BCUT2D eigenvalue weighted by Crippen LogP contribution is -2.20. The second kappa shape index (κ2) is 6.37. The number of carbonyl (C=O) groups excluding carboxylic acids is 1. The standard InChI is InChI=1S/C11H13N3O3/c1-9(15)12-6-3-2-4-10-8-11(14(16)17)5-7-13-10/h2,4-5,7-8H,3,6H2,1H3,(H,12,15). The van der Waals surface area contributed by atoms with Gasteiger partial charge in [-0.05, 0) is 12.5 Å². The first-order valence-corrected chi connectivity index (χ1v) is 5.11. The maximum Gasteiger partial charge on any atom is 0.273 e. The van der Waals surface area contributed by atoms with Crippen LogP contribution in [0.3, 0.4) is 0 Å². The molecule has 1 heterocycles. The zero-order chi connectivity index (χ0) is 12.7. The van der Waals surface area contributed by atoms with Gasteiger partial charge < -0.3 is 5.32 Å². The molecule has 0 unspecified atom stereocenters. The third kappa shape index (κ3) is 4.87. The van der Waals surface area contributed by atoms with Gasteiger partial charge >= 0.3 is 0 Å². The Morgan fingerprint density at radius 1 is 1.65 bits per heavy atom. The van der Waals surface area contributed by atoms with Crippen LogP contribution in [0, 0.1) is 10.1 Å². The summed E-state index contributed by atoms with van der Waals surface area (Å²) in [6, 6.07) is 2.74. The molecule has 0 aliphatic heterocycles. The Morgan fingerprint density at radius 3 is 3.06 bits per heavy atom. The van der Waals surface area contributed by atoms with Gasteiger partial charge in [0.05, 0.1) is 10.6 Å². The topological polar surface area (TPSA) is 85.1 Å². The zero-order valence-corrected chi connectivity index (χ0v) is 9.42. The van der Waals surface area contributed by atoms with E-state index in [9.17, 15) is 14.9 Å². The first-order valence-electron chi connectivity index (χ1n) is 5.11. The number of nitro groups is 1. The van der Waals surface area contributed by atoms with E-state index in [4.69, 9.17) is 0 Å². The summed E-state index contributed by atoms with van der Waals surface area (Å²) in [5.41, 5.74) is 0.545. The maximum atomic E-state index is 10.6. The van der Waals surface area contributed by atoms with Crippen molar-refractivity contribution in [2.75, 3.05) is 6.54 Å². The lowest BCUT2D eigenvalue weighted by Gasteiger charge is -1.97.